The second-order valence-electron chi connectivity index (χ2n) is 8.54. The number of unbranched alkanes of at least 4 members (excludes halogenated alkanes) is 2. The zero-order chi connectivity index (χ0) is 20.5. The fourth-order valence-corrected chi connectivity index (χ4v) is 4.09. The molecule has 0 amide bonds. The van der Waals surface area contributed by atoms with E-state index in [9.17, 15) is 15.0 Å². The third kappa shape index (κ3) is 7.97. The van der Waals surface area contributed by atoms with E-state index >= 15 is 0 Å². The van der Waals surface area contributed by atoms with E-state index in [2.05, 4.69) is 20.8 Å². The Kier molecular flexibility index (Phi) is 10.1. The monoisotopic (exact) mass is 400 g/mol. The van der Waals surface area contributed by atoms with Gasteiger partial charge in [0.05, 0.1) is 11.7 Å². The molecule has 3 N–H and O–H groups in total. The maximum absolute atomic E-state index is 11.1. The molecule has 27 heavy (non-hydrogen) atoms. The first-order chi connectivity index (χ1) is 12.6. The van der Waals surface area contributed by atoms with E-state index in [4.69, 9.17) is 16.7 Å². The van der Waals surface area contributed by atoms with Crippen molar-refractivity contribution < 1.29 is 20.1 Å². The first-order valence-electron chi connectivity index (χ1n) is 10.2. The minimum Gasteiger partial charge on any atom is -0.481 e. The van der Waals surface area contributed by atoms with Crippen LogP contribution < -0.4 is 0 Å². The Labute approximate surface area is 169 Å². The van der Waals surface area contributed by atoms with E-state index in [1.54, 1.807) is 12.2 Å². The minimum absolute atomic E-state index is 0.0999. The zero-order valence-electron chi connectivity index (χ0n) is 17.0. The molecule has 0 spiro atoms. The van der Waals surface area contributed by atoms with E-state index in [0.29, 0.717) is 25.7 Å². The predicted molar refractivity (Wildman–Crippen MR) is 111 cm³/mol. The lowest BCUT2D eigenvalue weighted by atomic mass is 9.80. The maximum Gasteiger partial charge on any atom is 0.303 e. The van der Waals surface area contributed by atoms with E-state index < -0.39 is 17.7 Å². The molecule has 156 valence electrons. The standard InChI is InChI=1S/C22H37ClO4/c1-4-5-14-21(2,3)19(24)13-16-22(27)15-12-18(23)17(22)10-8-6-7-9-11-20(25)26/h6,8,13,16-19,24,27H,4-5,7,9-12,14-15H2,1-3H3,(H,25,26)/b8-6-,16-13+/t17?,18?,19-,22?/m1/s1. The summed E-state index contributed by atoms with van der Waals surface area (Å²) in [6, 6.07) is 0. The lowest BCUT2D eigenvalue weighted by Gasteiger charge is -2.31. The molecule has 0 aromatic heterocycles. The third-order valence-corrected chi connectivity index (χ3v) is 6.28. The van der Waals surface area contributed by atoms with Gasteiger partial charge in [0.1, 0.15) is 0 Å². The van der Waals surface area contributed by atoms with Gasteiger partial charge >= 0.3 is 5.97 Å². The smallest absolute Gasteiger partial charge is 0.303 e. The highest BCUT2D eigenvalue weighted by molar-refractivity contribution is 6.21. The van der Waals surface area contributed by atoms with Crippen LogP contribution in [0.25, 0.3) is 0 Å². The second kappa shape index (κ2) is 11.2. The van der Waals surface area contributed by atoms with Gasteiger partial charge in [-0.1, -0.05) is 57.9 Å². The first kappa shape index (κ1) is 24.2. The Hall–Kier alpha value is -0.840. The topological polar surface area (TPSA) is 77.8 Å². The summed E-state index contributed by atoms with van der Waals surface area (Å²) in [5, 5.41) is 30.2. The summed E-state index contributed by atoms with van der Waals surface area (Å²) in [7, 11) is 0. The number of hydrogen-bond donors (Lipinski definition) is 3. The molecular weight excluding hydrogens is 364 g/mol. The molecule has 1 aliphatic rings. The minimum atomic E-state index is -1.00. The van der Waals surface area contributed by atoms with Crippen molar-refractivity contribution in [3.05, 3.63) is 24.3 Å². The number of allylic oxidation sites excluding steroid dienone is 2. The molecule has 0 aromatic rings. The van der Waals surface area contributed by atoms with Gasteiger partial charge in [0.25, 0.3) is 0 Å². The number of rotatable bonds is 12. The van der Waals surface area contributed by atoms with Crippen LogP contribution in [0.3, 0.4) is 0 Å². The molecule has 4 nitrogen and oxygen atoms in total. The highest BCUT2D eigenvalue weighted by Crippen LogP contribution is 2.43. The van der Waals surface area contributed by atoms with Crippen LogP contribution in [0.15, 0.2) is 24.3 Å². The van der Waals surface area contributed by atoms with Crippen molar-refractivity contribution in [2.45, 2.75) is 95.6 Å². The van der Waals surface area contributed by atoms with Crippen molar-refractivity contribution >= 4 is 17.6 Å². The SMILES string of the molecule is CCCCC(C)(C)[C@H](O)/C=C/C1(O)CCC(Cl)C1C/C=C\CCCC(=O)O. The van der Waals surface area contributed by atoms with Crippen LogP contribution in [0.1, 0.15) is 78.6 Å². The molecule has 1 rings (SSSR count). The Morgan fingerprint density at radius 3 is 2.67 bits per heavy atom. The molecule has 0 bridgehead atoms. The molecule has 0 aromatic carbocycles. The summed E-state index contributed by atoms with van der Waals surface area (Å²) in [6.45, 7) is 6.25. The molecule has 1 saturated carbocycles. The second-order valence-corrected chi connectivity index (χ2v) is 9.10. The van der Waals surface area contributed by atoms with Crippen molar-refractivity contribution in [2.75, 3.05) is 0 Å². The van der Waals surface area contributed by atoms with Crippen molar-refractivity contribution in [3.63, 3.8) is 0 Å². The number of aliphatic hydroxyl groups excluding tert-OH is 1. The van der Waals surface area contributed by atoms with Gasteiger partial charge in [0.15, 0.2) is 0 Å². The third-order valence-electron chi connectivity index (χ3n) is 5.76. The molecular formula is C22H37ClO4. The zero-order valence-corrected chi connectivity index (χ0v) is 17.8. The lowest BCUT2D eigenvalue weighted by molar-refractivity contribution is -0.137. The summed E-state index contributed by atoms with van der Waals surface area (Å²) in [6.07, 6.45) is 13.5. The van der Waals surface area contributed by atoms with E-state index in [1.165, 1.54) is 0 Å². The van der Waals surface area contributed by atoms with Gasteiger partial charge in [-0.15, -0.1) is 11.6 Å². The Bertz CT molecular complexity index is 514. The normalized spacial score (nSPS) is 27.6. The number of halogens is 1. The number of aliphatic carboxylic acids is 1. The van der Waals surface area contributed by atoms with Crippen molar-refractivity contribution in [1.82, 2.24) is 0 Å². The number of aliphatic hydroxyl groups is 2. The average Bonchev–Trinajstić information content (AvgIpc) is 2.89. The number of alkyl halides is 1. The van der Waals surface area contributed by atoms with Gasteiger partial charge in [-0.25, -0.2) is 0 Å². The Morgan fingerprint density at radius 2 is 2.04 bits per heavy atom. The van der Waals surface area contributed by atoms with Gasteiger partial charge in [-0.05, 0) is 43.9 Å². The summed E-state index contributed by atoms with van der Waals surface area (Å²) in [4.78, 5) is 10.5. The first-order valence-corrected chi connectivity index (χ1v) is 10.7. The number of hydrogen-bond acceptors (Lipinski definition) is 3. The van der Waals surface area contributed by atoms with Crippen LogP contribution in [0, 0.1) is 11.3 Å². The van der Waals surface area contributed by atoms with Crippen molar-refractivity contribution in [1.29, 1.82) is 0 Å². The van der Waals surface area contributed by atoms with Crippen molar-refractivity contribution in [2.24, 2.45) is 11.3 Å². The van der Waals surface area contributed by atoms with Gasteiger partial charge in [-0.2, -0.15) is 0 Å². The fourth-order valence-electron chi connectivity index (χ4n) is 3.66. The van der Waals surface area contributed by atoms with Gasteiger partial charge in [0.2, 0.25) is 0 Å². The molecule has 3 unspecified atom stereocenters. The van der Waals surface area contributed by atoms with E-state index in [-0.39, 0.29) is 23.1 Å². The van der Waals surface area contributed by atoms with Crippen LogP contribution in [-0.2, 0) is 4.79 Å². The largest absolute Gasteiger partial charge is 0.481 e. The quantitative estimate of drug-likeness (QED) is 0.243. The highest BCUT2D eigenvalue weighted by Gasteiger charge is 2.44. The fraction of sp³-hybridized carbons (Fsp3) is 0.773. The molecule has 5 heteroatoms. The number of carboxylic acid groups (broad SMARTS) is 1. The summed E-state index contributed by atoms with van der Waals surface area (Å²) in [5.74, 6) is -0.878. The van der Waals surface area contributed by atoms with E-state index in [0.717, 1.165) is 25.7 Å². The van der Waals surface area contributed by atoms with Crippen LogP contribution in [-0.4, -0.2) is 38.4 Å². The summed E-state index contributed by atoms with van der Waals surface area (Å²) in [5.41, 5.74) is -1.22. The van der Waals surface area contributed by atoms with Gasteiger partial charge in [-0.3, -0.25) is 4.79 Å². The summed E-state index contributed by atoms with van der Waals surface area (Å²) < 4.78 is 0. The number of carbonyl (C=O) groups is 1. The average molecular weight is 401 g/mol. The van der Waals surface area contributed by atoms with Crippen molar-refractivity contribution in [3.8, 4) is 0 Å². The Balaban J connectivity index is 2.65. The number of carboxylic acids is 1. The molecule has 0 heterocycles. The molecule has 4 atom stereocenters. The van der Waals surface area contributed by atoms with Gasteiger partial charge in [0, 0.05) is 17.7 Å². The summed E-state index contributed by atoms with van der Waals surface area (Å²) >= 11 is 6.45. The molecule has 0 saturated heterocycles. The predicted octanol–water partition coefficient (Wildman–Crippen LogP) is 5.07. The van der Waals surface area contributed by atoms with Crippen LogP contribution in [0.4, 0.5) is 0 Å². The van der Waals surface area contributed by atoms with E-state index in [1.807, 2.05) is 12.2 Å². The maximum atomic E-state index is 11.1. The van der Waals surface area contributed by atoms with Gasteiger partial charge < -0.3 is 15.3 Å². The van der Waals surface area contributed by atoms with Crippen LogP contribution in [0.2, 0.25) is 0 Å². The van der Waals surface area contributed by atoms with Crippen LogP contribution >= 0.6 is 11.6 Å². The molecule has 0 aliphatic heterocycles. The molecule has 1 fully saturated rings. The van der Waals surface area contributed by atoms with Crippen LogP contribution in [0.5, 0.6) is 0 Å². The highest BCUT2D eigenvalue weighted by atomic mass is 35.5. The lowest BCUT2D eigenvalue weighted by Crippen LogP contribution is -2.35. The molecule has 1 aliphatic carbocycles. The molecule has 0 radical (unpaired) electrons. The Morgan fingerprint density at radius 1 is 1.33 bits per heavy atom.